The van der Waals surface area contributed by atoms with Crippen LogP contribution in [-0.4, -0.2) is 188 Å². The van der Waals surface area contributed by atoms with Crippen molar-refractivity contribution < 1.29 is 89.0 Å². The van der Waals surface area contributed by atoms with Crippen LogP contribution >= 0.6 is 0 Å². The number of aliphatic hydroxyl groups excluding tert-OH is 10. The second kappa shape index (κ2) is 17.8. The van der Waals surface area contributed by atoms with E-state index in [0.29, 0.717) is 48.3 Å². The van der Waals surface area contributed by atoms with Crippen molar-refractivity contribution in [2.45, 2.75) is 196 Å². The minimum absolute atomic E-state index is 0.00493. The fourth-order valence-corrected chi connectivity index (χ4v) is 14.1. The van der Waals surface area contributed by atoms with Gasteiger partial charge in [0.15, 0.2) is 24.7 Å². The lowest BCUT2D eigenvalue weighted by atomic mass is 9.47. The Hall–Kier alpha value is -0.980. The third-order valence-corrected chi connectivity index (χ3v) is 17.7. The van der Waals surface area contributed by atoms with Gasteiger partial charge in [0, 0.05) is 12.3 Å². The molecule has 5 aliphatic heterocycles. The van der Waals surface area contributed by atoms with E-state index in [9.17, 15) is 51.1 Å². The van der Waals surface area contributed by atoms with Gasteiger partial charge in [0.05, 0.1) is 38.6 Å². The van der Waals surface area contributed by atoms with E-state index in [1.54, 1.807) is 0 Å². The van der Waals surface area contributed by atoms with Crippen molar-refractivity contribution in [2.24, 2.45) is 46.3 Å². The first-order valence-electron chi connectivity index (χ1n) is 23.5. The Bertz CT molecular complexity index is 1630. The number of allylic oxidation sites excluding steroid dienone is 1. The maximum Gasteiger partial charge on any atom is 0.187 e. The van der Waals surface area contributed by atoms with Gasteiger partial charge in [-0.25, -0.2) is 0 Å². The monoisotopic (exact) mass is 900 g/mol. The second-order valence-electron chi connectivity index (χ2n) is 21.1. The van der Waals surface area contributed by atoms with Crippen LogP contribution in [0.5, 0.6) is 0 Å². The summed E-state index contributed by atoms with van der Waals surface area (Å²) in [4.78, 5) is 0. The molecule has 18 heteroatoms. The largest absolute Gasteiger partial charge is 0.394 e. The molecule has 1 unspecified atom stereocenters. The van der Waals surface area contributed by atoms with Gasteiger partial charge in [-0.1, -0.05) is 39.3 Å². The van der Waals surface area contributed by atoms with Crippen LogP contribution in [0.4, 0.5) is 0 Å². The van der Waals surface area contributed by atoms with Gasteiger partial charge in [0.25, 0.3) is 0 Å². The van der Waals surface area contributed by atoms with Crippen LogP contribution < -0.4 is 0 Å². The highest BCUT2D eigenvalue weighted by Gasteiger charge is 2.69. The van der Waals surface area contributed by atoms with E-state index < -0.39 is 118 Å². The number of hydrogen-bond acceptors (Lipinski definition) is 18. The molecule has 63 heavy (non-hydrogen) atoms. The first-order valence-corrected chi connectivity index (χ1v) is 23.5. The van der Waals surface area contributed by atoms with Gasteiger partial charge in [0.1, 0.15) is 73.2 Å². The Balaban J connectivity index is 0.849. The van der Waals surface area contributed by atoms with Crippen molar-refractivity contribution >= 4 is 0 Å². The summed E-state index contributed by atoms with van der Waals surface area (Å²) in [5.41, 5.74) is 1.54. The lowest BCUT2D eigenvalue weighted by molar-refractivity contribution is -0.390. The van der Waals surface area contributed by atoms with Gasteiger partial charge in [-0.15, -0.1) is 0 Å². The van der Waals surface area contributed by atoms with Crippen LogP contribution in [0.3, 0.4) is 0 Å². The Kier molecular flexibility index (Phi) is 13.3. The van der Waals surface area contributed by atoms with E-state index >= 15 is 0 Å². The molecule has 26 atom stereocenters. The first-order chi connectivity index (χ1) is 30.0. The average molecular weight is 901 g/mol. The highest BCUT2D eigenvalue weighted by atomic mass is 16.8. The molecule has 0 aromatic carbocycles. The summed E-state index contributed by atoms with van der Waals surface area (Å²) in [6.45, 7) is 8.10. The van der Waals surface area contributed by atoms with Gasteiger partial charge in [-0.05, 0) is 91.8 Å². The molecule has 10 N–H and O–H groups in total. The molecule has 9 aliphatic rings. The molecule has 0 amide bonds. The molecule has 0 radical (unpaired) electrons. The zero-order chi connectivity index (χ0) is 44.9. The van der Waals surface area contributed by atoms with Crippen LogP contribution in [0.15, 0.2) is 11.6 Å². The SMILES string of the molecule is CC1CC[C@@]2(OC1)O[C@H]1C[C@H]3[C@@H]4CC=C5C[C@@H](O[C@@H]6O[C@H](CO)[C@H](O[C@@H]7O[C@H](CO)[C@@H](O)[C@H](O)[C@H]7O[C@@H]7O[C@H](CO)[C@@H](O)[C@H](O)[C@H]7O)[C@H](O)[C@H]6O)CC[C@]5(C)[C@H]4CC[C@]3(C)[C@H]1[C@@H]2C. The standard InChI is InChI=1S/C45H72O18/c1-19-7-12-45(56-18-19)20(2)30-26(63-45)14-25-23-6-5-21-13-22(8-10-43(21,3)24(23)9-11-44(25,30)4)57-40-37(55)35(53)38(29(17-48)60-40)61-42-39(34(52)32(50)28(16-47)59-42)62-41-36(54)33(51)31(49)27(15-46)58-41/h5,19-20,22-42,46-55H,6-18H2,1-4H3/t19?,20-,22-,23+,24-,25-,26-,27+,28+,29+,30-,31+,32+,33-,34-,35+,36+,37+,38-,39+,40+,41-,42-,43-,44-,45+/m0/s1. The predicted molar refractivity (Wildman–Crippen MR) is 216 cm³/mol. The van der Waals surface area contributed by atoms with Crippen LogP contribution in [0, 0.1) is 46.3 Å². The minimum atomic E-state index is -1.89. The van der Waals surface area contributed by atoms with Gasteiger partial charge in [-0.2, -0.15) is 0 Å². The smallest absolute Gasteiger partial charge is 0.187 e. The van der Waals surface area contributed by atoms with Crippen molar-refractivity contribution in [1.29, 1.82) is 0 Å². The fourth-order valence-electron chi connectivity index (χ4n) is 14.1. The van der Waals surface area contributed by atoms with Crippen molar-refractivity contribution in [3.05, 3.63) is 11.6 Å². The summed E-state index contributed by atoms with van der Waals surface area (Å²) in [7, 11) is 0. The third-order valence-electron chi connectivity index (χ3n) is 17.7. The Morgan fingerprint density at radius 3 is 1.95 bits per heavy atom. The summed E-state index contributed by atoms with van der Waals surface area (Å²) >= 11 is 0. The van der Waals surface area contributed by atoms with E-state index in [1.807, 2.05) is 0 Å². The zero-order valence-electron chi connectivity index (χ0n) is 36.8. The lowest BCUT2D eigenvalue weighted by Crippen LogP contribution is -2.67. The Labute approximate surface area is 368 Å². The maximum atomic E-state index is 11.5. The van der Waals surface area contributed by atoms with Crippen LogP contribution in [0.25, 0.3) is 0 Å². The zero-order valence-corrected chi connectivity index (χ0v) is 36.8. The van der Waals surface area contributed by atoms with Crippen LogP contribution in [0.1, 0.15) is 85.5 Å². The summed E-state index contributed by atoms with van der Waals surface area (Å²) in [6, 6.07) is 0. The molecule has 360 valence electrons. The molecule has 5 saturated heterocycles. The Morgan fingerprint density at radius 1 is 0.651 bits per heavy atom. The number of ether oxygens (including phenoxy) is 8. The topological polar surface area (TPSA) is 276 Å². The van der Waals surface area contributed by atoms with Gasteiger partial charge >= 0.3 is 0 Å². The molecule has 4 aliphatic carbocycles. The van der Waals surface area contributed by atoms with Crippen molar-refractivity contribution in [3.8, 4) is 0 Å². The maximum absolute atomic E-state index is 11.5. The summed E-state index contributed by atoms with van der Waals surface area (Å²) in [6.07, 6.45) is -13.6. The molecule has 9 rings (SSSR count). The number of fused-ring (bicyclic) bond motifs is 7. The Morgan fingerprint density at radius 2 is 1.27 bits per heavy atom. The summed E-state index contributed by atoms with van der Waals surface area (Å²) < 4.78 is 48.9. The second-order valence-corrected chi connectivity index (χ2v) is 21.1. The van der Waals surface area contributed by atoms with Crippen LogP contribution in [0.2, 0.25) is 0 Å². The highest BCUT2D eigenvalue weighted by molar-refractivity contribution is 5.26. The molecular weight excluding hydrogens is 828 g/mol. The van der Waals surface area contributed by atoms with Gasteiger partial charge < -0.3 is 89.0 Å². The van der Waals surface area contributed by atoms with E-state index in [4.69, 9.17) is 37.9 Å². The third kappa shape index (κ3) is 7.81. The van der Waals surface area contributed by atoms with Gasteiger partial charge in [-0.3, -0.25) is 0 Å². The molecule has 0 bridgehead atoms. The lowest BCUT2D eigenvalue weighted by Gasteiger charge is -2.58. The van der Waals surface area contributed by atoms with Gasteiger partial charge in [0.2, 0.25) is 0 Å². The summed E-state index contributed by atoms with van der Waals surface area (Å²) in [5, 5.41) is 106. The van der Waals surface area contributed by atoms with Crippen molar-refractivity contribution in [1.82, 2.24) is 0 Å². The molecule has 18 nitrogen and oxygen atoms in total. The average Bonchev–Trinajstić information content (AvgIpc) is 3.72. The quantitative estimate of drug-likeness (QED) is 0.127. The number of aliphatic hydroxyl groups is 10. The minimum Gasteiger partial charge on any atom is -0.394 e. The van der Waals surface area contributed by atoms with E-state index in [-0.39, 0.29) is 23.0 Å². The molecule has 8 fully saturated rings. The molecular formula is C45H72O18. The first kappa shape index (κ1) is 47.1. The fraction of sp³-hybridized carbons (Fsp3) is 0.956. The van der Waals surface area contributed by atoms with E-state index in [1.165, 1.54) is 12.0 Å². The molecule has 0 aromatic rings. The molecule has 5 heterocycles. The normalized spacial score (nSPS) is 56.9. The number of hydrogen-bond donors (Lipinski definition) is 10. The van der Waals surface area contributed by atoms with Crippen molar-refractivity contribution in [3.63, 3.8) is 0 Å². The van der Waals surface area contributed by atoms with E-state index in [0.717, 1.165) is 45.1 Å². The molecule has 1 spiro atoms. The van der Waals surface area contributed by atoms with E-state index in [2.05, 4.69) is 33.8 Å². The molecule has 0 aromatic heterocycles. The highest BCUT2D eigenvalue weighted by Crippen LogP contribution is 2.70. The molecule has 3 saturated carbocycles. The van der Waals surface area contributed by atoms with Crippen molar-refractivity contribution in [2.75, 3.05) is 26.4 Å². The predicted octanol–water partition coefficient (Wildman–Crippen LogP) is -0.813. The summed E-state index contributed by atoms with van der Waals surface area (Å²) in [5.74, 6) is 2.65. The van der Waals surface area contributed by atoms with Crippen LogP contribution in [-0.2, 0) is 37.9 Å². The number of rotatable bonds is 9.